The highest BCUT2D eigenvalue weighted by Gasteiger charge is 2.35. The number of hydrogen-bond acceptors (Lipinski definition) is 3. The third kappa shape index (κ3) is 3.96. The molecule has 20 heavy (non-hydrogen) atoms. The van der Waals surface area contributed by atoms with E-state index in [1.807, 2.05) is 0 Å². The lowest BCUT2D eigenvalue weighted by atomic mass is 9.79. The van der Waals surface area contributed by atoms with Crippen molar-refractivity contribution in [2.75, 3.05) is 39.8 Å². The summed E-state index contributed by atoms with van der Waals surface area (Å²) in [6, 6.07) is 1.37. The van der Waals surface area contributed by atoms with E-state index < -0.39 is 0 Å². The number of nitrogens with zero attached hydrogens (tertiary/aromatic N) is 2. The quantitative estimate of drug-likeness (QED) is 0.854. The summed E-state index contributed by atoms with van der Waals surface area (Å²) in [7, 11) is 2.26. The molecule has 2 fully saturated rings. The monoisotopic (exact) mass is 281 g/mol. The molecular weight excluding hydrogens is 246 g/mol. The van der Waals surface area contributed by atoms with E-state index in [1.165, 1.54) is 45.4 Å². The molecule has 2 saturated heterocycles. The zero-order valence-electron chi connectivity index (χ0n) is 14.3. The maximum absolute atomic E-state index is 3.76. The number of rotatable bonds is 4. The van der Waals surface area contributed by atoms with Crippen LogP contribution in [0.3, 0.4) is 0 Å². The van der Waals surface area contributed by atoms with Gasteiger partial charge in [0, 0.05) is 31.7 Å². The van der Waals surface area contributed by atoms with Gasteiger partial charge < -0.3 is 10.2 Å². The van der Waals surface area contributed by atoms with E-state index in [0.29, 0.717) is 17.5 Å². The molecule has 0 aromatic carbocycles. The van der Waals surface area contributed by atoms with Gasteiger partial charge in [0.1, 0.15) is 0 Å². The van der Waals surface area contributed by atoms with Gasteiger partial charge in [-0.05, 0) is 51.2 Å². The summed E-state index contributed by atoms with van der Waals surface area (Å²) in [4.78, 5) is 5.24. The Morgan fingerprint density at radius 2 is 1.95 bits per heavy atom. The Labute approximate surface area is 126 Å². The fourth-order valence-corrected chi connectivity index (χ4v) is 3.64. The molecule has 0 saturated carbocycles. The molecule has 0 aromatic heterocycles. The van der Waals surface area contributed by atoms with E-state index in [0.717, 1.165) is 12.5 Å². The number of nitrogens with one attached hydrogen (secondary N) is 1. The van der Waals surface area contributed by atoms with E-state index in [1.54, 1.807) is 0 Å². The molecule has 2 aliphatic rings. The van der Waals surface area contributed by atoms with Gasteiger partial charge in [0.25, 0.3) is 0 Å². The largest absolute Gasteiger partial charge is 0.311 e. The van der Waals surface area contributed by atoms with Crippen LogP contribution in [-0.2, 0) is 0 Å². The van der Waals surface area contributed by atoms with Crippen LogP contribution in [0.1, 0.15) is 47.0 Å². The van der Waals surface area contributed by atoms with E-state index in [2.05, 4.69) is 49.9 Å². The second kappa shape index (κ2) is 6.76. The van der Waals surface area contributed by atoms with Crippen LogP contribution in [0.5, 0.6) is 0 Å². The number of hydrogen-bond donors (Lipinski definition) is 1. The molecular formula is C17H35N3. The van der Waals surface area contributed by atoms with Crippen molar-refractivity contribution >= 4 is 0 Å². The van der Waals surface area contributed by atoms with Gasteiger partial charge in [-0.15, -0.1) is 0 Å². The average Bonchev–Trinajstić information content (AvgIpc) is 2.44. The van der Waals surface area contributed by atoms with Crippen molar-refractivity contribution in [1.82, 2.24) is 15.1 Å². The number of piperidine rings is 1. The van der Waals surface area contributed by atoms with E-state index in [4.69, 9.17) is 0 Å². The van der Waals surface area contributed by atoms with E-state index in [9.17, 15) is 0 Å². The number of piperazine rings is 1. The highest BCUT2D eigenvalue weighted by atomic mass is 15.2. The standard InChI is InChI=1S/C17H35N3/c1-6-14(2)16-12-20(15(3)11-18-16)13-17(4)7-9-19(5)10-8-17/h14-16,18H,6-13H2,1-5H3. The van der Waals surface area contributed by atoms with Crippen molar-refractivity contribution in [2.24, 2.45) is 11.3 Å². The lowest BCUT2D eigenvalue weighted by molar-refractivity contribution is 0.0400. The van der Waals surface area contributed by atoms with Gasteiger partial charge in [-0.25, -0.2) is 0 Å². The molecule has 0 aliphatic carbocycles. The van der Waals surface area contributed by atoms with Crippen LogP contribution in [0.4, 0.5) is 0 Å². The van der Waals surface area contributed by atoms with Crippen LogP contribution in [0.25, 0.3) is 0 Å². The molecule has 3 unspecified atom stereocenters. The molecule has 0 spiro atoms. The maximum Gasteiger partial charge on any atom is 0.0221 e. The number of likely N-dealkylation sites (tertiary alicyclic amines) is 1. The second-order valence-electron chi connectivity index (χ2n) is 7.79. The first-order valence-electron chi connectivity index (χ1n) is 8.59. The molecule has 0 radical (unpaired) electrons. The third-order valence-electron chi connectivity index (χ3n) is 5.84. The smallest absolute Gasteiger partial charge is 0.0221 e. The maximum atomic E-state index is 3.76. The van der Waals surface area contributed by atoms with Gasteiger partial charge in [0.15, 0.2) is 0 Å². The summed E-state index contributed by atoms with van der Waals surface area (Å²) >= 11 is 0. The third-order valence-corrected chi connectivity index (χ3v) is 5.84. The zero-order valence-corrected chi connectivity index (χ0v) is 14.3. The van der Waals surface area contributed by atoms with Crippen molar-refractivity contribution in [2.45, 2.75) is 59.0 Å². The molecule has 2 aliphatic heterocycles. The lowest BCUT2D eigenvalue weighted by Crippen LogP contribution is -2.59. The minimum absolute atomic E-state index is 0.526. The summed E-state index contributed by atoms with van der Waals surface area (Å²) in [6.07, 6.45) is 3.99. The Hall–Kier alpha value is -0.120. The van der Waals surface area contributed by atoms with Crippen molar-refractivity contribution in [1.29, 1.82) is 0 Å². The Kier molecular flexibility index (Phi) is 5.49. The topological polar surface area (TPSA) is 18.5 Å². The van der Waals surface area contributed by atoms with E-state index >= 15 is 0 Å². The first kappa shape index (κ1) is 16.3. The molecule has 0 aromatic rings. The van der Waals surface area contributed by atoms with E-state index in [-0.39, 0.29) is 0 Å². The molecule has 118 valence electrons. The molecule has 2 rings (SSSR count). The molecule has 1 N–H and O–H groups in total. The van der Waals surface area contributed by atoms with Crippen molar-refractivity contribution in [3.63, 3.8) is 0 Å². The second-order valence-corrected chi connectivity index (χ2v) is 7.79. The molecule has 3 heteroatoms. The van der Waals surface area contributed by atoms with Gasteiger partial charge >= 0.3 is 0 Å². The summed E-state index contributed by atoms with van der Waals surface area (Å²) in [6.45, 7) is 15.8. The summed E-state index contributed by atoms with van der Waals surface area (Å²) in [5, 5.41) is 3.76. The van der Waals surface area contributed by atoms with Crippen LogP contribution < -0.4 is 5.32 Å². The fourth-order valence-electron chi connectivity index (χ4n) is 3.64. The SMILES string of the molecule is CCC(C)C1CN(CC2(C)CCN(C)CC2)C(C)CN1. The molecule has 3 nitrogen and oxygen atoms in total. The van der Waals surface area contributed by atoms with Crippen LogP contribution in [0.15, 0.2) is 0 Å². The summed E-state index contributed by atoms with van der Waals surface area (Å²) in [5.74, 6) is 0.787. The highest BCUT2D eigenvalue weighted by Crippen LogP contribution is 2.32. The molecule has 0 amide bonds. The van der Waals surface area contributed by atoms with Crippen LogP contribution in [-0.4, -0.2) is 61.7 Å². The first-order valence-corrected chi connectivity index (χ1v) is 8.59. The fraction of sp³-hybridized carbons (Fsp3) is 1.00. The van der Waals surface area contributed by atoms with Gasteiger partial charge in [-0.2, -0.15) is 0 Å². The normalized spacial score (nSPS) is 34.0. The van der Waals surface area contributed by atoms with Gasteiger partial charge in [0.2, 0.25) is 0 Å². The zero-order chi connectivity index (χ0) is 14.8. The summed E-state index contributed by atoms with van der Waals surface area (Å²) < 4.78 is 0. The van der Waals surface area contributed by atoms with Crippen molar-refractivity contribution in [3.05, 3.63) is 0 Å². The Morgan fingerprint density at radius 1 is 1.30 bits per heavy atom. The first-order chi connectivity index (χ1) is 9.43. The summed E-state index contributed by atoms with van der Waals surface area (Å²) in [5.41, 5.74) is 0.526. The van der Waals surface area contributed by atoms with Gasteiger partial charge in [-0.3, -0.25) is 4.90 Å². The minimum Gasteiger partial charge on any atom is -0.311 e. The predicted molar refractivity (Wildman–Crippen MR) is 87.1 cm³/mol. The predicted octanol–water partition coefficient (Wildman–Crippen LogP) is 2.43. The highest BCUT2D eigenvalue weighted by molar-refractivity contribution is 4.91. The molecule has 0 bridgehead atoms. The Balaban J connectivity index is 1.92. The molecule has 2 heterocycles. The van der Waals surface area contributed by atoms with Crippen LogP contribution in [0, 0.1) is 11.3 Å². The van der Waals surface area contributed by atoms with Crippen LogP contribution in [0.2, 0.25) is 0 Å². The van der Waals surface area contributed by atoms with Crippen molar-refractivity contribution in [3.8, 4) is 0 Å². The van der Waals surface area contributed by atoms with Crippen molar-refractivity contribution < 1.29 is 0 Å². The minimum atomic E-state index is 0.526. The Morgan fingerprint density at radius 3 is 2.55 bits per heavy atom. The Bertz CT molecular complexity index is 297. The van der Waals surface area contributed by atoms with Crippen LogP contribution >= 0.6 is 0 Å². The van der Waals surface area contributed by atoms with Gasteiger partial charge in [0.05, 0.1) is 0 Å². The lowest BCUT2D eigenvalue weighted by Gasteiger charge is -2.47. The molecule has 3 atom stereocenters. The average molecular weight is 281 g/mol. The van der Waals surface area contributed by atoms with Gasteiger partial charge in [-0.1, -0.05) is 27.2 Å².